The maximum atomic E-state index is 12.0. The molecule has 22 heavy (non-hydrogen) atoms. The molecule has 1 aromatic carbocycles. The van der Waals surface area contributed by atoms with Crippen molar-refractivity contribution >= 4 is 40.2 Å². The molecule has 0 aliphatic rings. The molecule has 0 heterocycles. The lowest BCUT2D eigenvalue weighted by molar-refractivity contribution is -0.130. The van der Waals surface area contributed by atoms with E-state index in [0.29, 0.717) is 38.9 Å². The van der Waals surface area contributed by atoms with Crippen LogP contribution in [0, 0.1) is 0 Å². The minimum absolute atomic E-state index is 0. The van der Waals surface area contributed by atoms with E-state index in [4.69, 9.17) is 5.73 Å². The van der Waals surface area contributed by atoms with E-state index in [1.807, 2.05) is 24.3 Å². The van der Waals surface area contributed by atoms with Crippen LogP contribution in [0.25, 0.3) is 0 Å². The van der Waals surface area contributed by atoms with Crippen LogP contribution in [-0.4, -0.2) is 36.9 Å². The largest absolute Gasteiger partial charge is 0.356 e. The van der Waals surface area contributed by atoms with E-state index in [1.165, 1.54) is 0 Å². The number of nitrogens with two attached hydrogens (primary N) is 1. The first kappa shape index (κ1) is 20.9. The van der Waals surface area contributed by atoms with Crippen molar-refractivity contribution in [3.63, 3.8) is 0 Å². The summed E-state index contributed by atoms with van der Waals surface area (Å²) in [5.74, 6) is -0.0495. The second-order valence-corrected chi connectivity index (χ2v) is 5.69. The SMILES string of the molecule is CN(Cc1ccccc1Br)C(=O)CCNC(=O)CCCN.Cl. The van der Waals surface area contributed by atoms with Gasteiger partial charge < -0.3 is 16.0 Å². The quantitative estimate of drug-likeness (QED) is 0.711. The number of nitrogens with one attached hydrogen (secondary N) is 1. The molecule has 2 amide bonds. The molecule has 124 valence electrons. The van der Waals surface area contributed by atoms with Crippen molar-refractivity contribution in [2.24, 2.45) is 5.73 Å². The number of rotatable bonds is 8. The number of halogens is 2. The maximum absolute atomic E-state index is 12.0. The first-order valence-corrected chi connectivity index (χ1v) is 7.78. The van der Waals surface area contributed by atoms with Crippen molar-refractivity contribution in [3.05, 3.63) is 34.3 Å². The molecule has 0 bridgehead atoms. The molecular formula is C15H23BrClN3O2. The molecule has 1 aromatic rings. The van der Waals surface area contributed by atoms with E-state index in [0.717, 1.165) is 10.0 Å². The van der Waals surface area contributed by atoms with Crippen LogP contribution in [-0.2, 0) is 16.1 Å². The van der Waals surface area contributed by atoms with Crippen molar-refractivity contribution in [2.75, 3.05) is 20.1 Å². The molecular weight excluding hydrogens is 370 g/mol. The zero-order valence-corrected chi connectivity index (χ0v) is 15.1. The van der Waals surface area contributed by atoms with Gasteiger partial charge in [-0.3, -0.25) is 9.59 Å². The summed E-state index contributed by atoms with van der Waals surface area (Å²) in [6, 6.07) is 7.80. The number of amides is 2. The first-order chi connectivity index (χ1) is 10.0. The third kappa shape index (κ3) is 7.77. The maximum Gasteiger partial charge on any atom is 0.224 e. The molecule has 0 fully saturated rings. The molecule has 5 nitrogen and oxygen atoms in total. The number of benzene rings is 1. The zero-order valence-electron chi connectivity index (χ0n) is 12.7. The minimum Gasteiger partial charge on any atom is -0.356 e. The summed E-state index contributed by atoms with van der Waals surface area (Å²) >= 11 is 3.46. The molecule has 0 spiro atoms. The molecule has 0 aromatic heterocycles. The number of hydrogen-bond acceptors (Lipinski definition) is 3. The third-order valence-corrected chi connectivity index (χ3v) is 3.83. The van der Waals surface area contributed by atoms with Gasteiger partial charge in [0.1, 0.15) is 0 Å². The van der Waals surface area contributed by atoms with Gasteiger partial charge in [-0.1, -0.05) is 34.1 Å². The Morgan fingerprint density at radius 1 is 1.27 bits per heavy atom. The first-order valence-electron chi connectivity index (χ1n) is 6.98. The molecule has 0 aliphatic carbocycles. The van der Waals surface area contributed by atoms with Crippen molar-refractivity contribution in [3.8, 4) is 0 Å². The van der Waals surface area contributed by atoms with Gasteiger partial charge in [-0.05, 0) is 24.6 Å². The predicted molar refractivity (Wildman–Crippen MR) is 93.8 cm³/mol. The van der Waals surface area contributed by atoms with Crippen molar-refractivity contribution < 1.29 is 9.59 Å². The lowest BCUT2D eigenvalue weighted by Crippen LogP contribution is -2.32. The number of carbonyl (C=O) groups excluding carboxylic acids is 2. The van der Waals surface area contributed by atoms with Crippen LogP contribution in [0.2, 0.25) is 0 Å². The Balaban J connectivity index is 0.00000441. The number of nitrogens with zero attached hydrogens (tertiary/aromatic N) is 1. The highest BCUT2D eigenvalue weighted by Gasteiger charge is 2.11. The highest BCUT2D eigenvalue weighted by atomic mass is 79.9. The summed E-state index contributed by atoms with van der Waals surface area (Å²) in [5.41, 5.74) is 6.39. The Morgan fingerprint density at radius 3 is 2.59 bits per heavy atom. The highest BCUT2D eigenvalue weighted by Crippen LogP contribution is 2.17. The third-order valence-electron chi connectivity index (χ3n) is 3.06. The lowest BCUT2D eigenvalue weighted by atomic mass is 10.2. The van der Waals surface area contributed by atoms with Crippen molar-refractivity contribution in [2.45, 2.75) is 25.8 Å². The fourth-order valence-electron chi connectivity index (χ4n) is 1.82. The summed E-state index contributed by atoms with van der Waals surface area (Å²) in [6.07, 6.45) is 1.38. The predicted octanol–water partition coefficient (Wildman–Crippen LogP) is 2.07. The molecule has 3 N–H and O–H groups in total. The van der Waals surface area contributed by atoms with Gasteiger partial charge in [-0.25, -0.2) is 0 Å². The summed E-state index contributed by atoms with van der Waals surface area (Å²) < 4.78 is 0.986. The molecule has 0 radical (unpaired) electrons. The van der Waals surface area contributed by atoms with Crippen molar-refractivity contribution in [1.82, 2.24) is 10.2 Å². The Labute approximate surface area is 146 Å². The van der Waals surface area contributed by atoms with E-state index < -0.39 is 0 Å². The topological polar surface area (TPSA) is 75.4 Å². The van der Waals surface area contributed by atoms with Gasteiger partial charge in [0, 0.05) is 37.5 Å². The van der Waals surface area contributed by atoms with Crippen LogP contribution < -0.4 is 11.1 Å². The Bertz CT molecular complexity index is 486. The van der Waals surface area contributed by atoms with Crippen LogP contribution in [0.3, 0.4) is 0 Å². The highest BCUT2D eigenvalue weighted by molar-refractivity contribution is 9.10. The van der Waals surface area contributed by atoms with Gasteiger partial charge in [0.15, 0.2) is 0 Å². The van der Waals surface area contributed by atoms with Crippen LogP contribution in [0.4, 0.5) is 0 Å². The van der Waals surface area contributed by atoms with Gasteiger partial charge in [0.2, 0.25) is 11.8 Å². The van der Waals surface area contributed by atoms with Crippen LogP contribution in [0.15, 0.2) is 28.7 Å². The molecule has 0 saturated carbocycles. The number of hydrogen-bond donors (Lipinski definition) is 2. The zero-order chi connectivity index (χ0) is 15.7. The normalized spacial score (nSPS) is 9.77. The molecule has 1 rings (SSSR count). The standard InChI is InChI=1S/C15H22BrN3O2.ClH/c1-19(11-12-5-2-3-6-13(12)16)15(21)8-10-18-14(20)7-4-9-17;/h2-3,5-6H,4,7-11,17H2,1H3,(H,18,20);1H. The molecule has 0 aliphatic heterocycles. The van der Waals surface area contributed by atoms with E-state index in [-0.39, 0.29) is 24.2 Å². The fraction of sp³-hybridized carbons (Fsp3) is 0.467. The molecule has 0 unspecified atom stereocenters. The van der Waals surface area contributed by atoms with Crippen LogP contribution in [0.1, 0.15) is 24.8 Å². The van der Waals surface area contributed by atoms with Gasteiger partial charge in [-0.15, -0.1) is 12.4 Å². The average Bonchev–Trinajstić information content (AvgIpc) is 2.47. The van der Waals surface area contributed by atoms with Crippen LogP contribution in [0.5, 0.6) is 0 Å². The lowest BCUT2D eigenvalue weighted by Gasteiger charge is -2.18. The van der Waals surface area contributed by atoms with E-state index in [9.17, 15) is 9.59 Å². The van der Waals surface area contributed by atoms with Gasteiger partial charge in [0.05, 0.1) is 0 Å². The summed E-state index contributed by atoms with van der Waals surface area (Å²) in [4.78, 5) is 25.0. The summed E-state index contributed by atoms with van der Waals surface area (Å²) in [6.45, 7) is 1.41. The Morgan fingerprint density at radius 2 is 1.95 bits per heavy atom. The van der Waals surface area contributed by atoms with Gasteiger partial charge >= 0.3 is 0 Å². The van der Waals surface area contributed by atoms with E-state index in [1.54, 1.807) is 11.9 Å². The smallest absolute Gasteiger partial charge is 0.224 e. The van der Waals surface area contributed by atoms with Gasteiger partial charge in [0.25, 0.3) is 0 Å². The Kier molecular flexibility index (Phi) is 10.9. The van der Waals surface area contributed by atoms with E-state index >= 15 is 0 Å². The van der Waals surface area contributed by atoms with Gasteiger partial charge in [-0.2, -0.15) is 0 Å². The molecule has 0 saturated heterocycles. The van der Waals surface area contributed by atoms with Crippen LogP contribution >= 0.6 is 28.3 Å². The second-order valence-electron chi connectivity index (χ2n) is 4.83. The molecule has 0 atom stereocenters. The van der Waals surface area contributed by atoms with E-state index in [2.05, 4.69) is 21.2 Å². The summed E-state index contributed by atoms with van der Waals surface area (Å²) in [7, 11) is 1.76. The second kappa shape index (κ2) is 11.5. The number of carbonyl (C=O) groups is 2. The Hall–Kier alpha value is -1.11. The monoisotopic (exact) mass is 391 g/mol. The van der Waals surface area contributed by atoms with Crippen molar-refractivity contribution in [1.29, 1.82) is 0 Å². The minimum atomic E-state index is -0.0540. The fourth-order valence-corrected chi connectivity index (χ4v) is 2.23. The summed E-state index contributed by atoms with van der Waals surface area (Å²) in [5, 5.41) is 2.73. The average molecular weight is 393 g/mol. The molecule has 7 heteroatoms.